The van der Waals surface area contributed by atoms with Crippen molar-refractivity contribution in [3.05, 3.63) is 29.3 Å². The van der Waals surface area contributed by atoms with E-state index in [1.165, 1.54) is 30.5 Å². The van der Waals surface area contributed by atoms with E-state index in [0.29, 0.717) is 0 Å². The second-order valence-electron chi connectivity index (χ2n) is 5.18. The summed E-state index contributed by atoms with van der Waals surface area (Å²) in [7, 11) is 0. The molecule has 0 heterocycles. The Morgan fingerprint density at radius 2 is 1.68 bits per heavy atom. The molecule has 0 bridgehead atoms. The average Bonchev–Trinajstić information content (AvgIpc) is 2.42. The van der Waals surface area contributed by atoms with Crippen molar-refractivity contribution in [2.24, 2.45) is 0 Å². The monoisotopic (exact) mass is 263 g/mol. The third kappa shape index (κ3) is 6.11. The van der Waals surface area contributed by atoms with Crippen LogP contribution >= 0.6 is 0 Å². The largest absolute Gasteiger partial charge is 0.494 e. The summed E-state index contributed by atoms with van der Waals surface area (Å²) < 4.78 is 5.79. The molecule has 0 amide bonds. The molecule has 0 saturated carbocycles. The van der Waals surface area contributed by atoms with Crippen LogP contribution in [0.25, 0.3) is 0 Å². The molecule has 0 aromatic heterocycles. The molecule has 1 aromatic carbocycles. The van der Waals surface area contributed by atoms with Crippen LogP contribution in [-0.4, -0.2) is 31.1 Å². The van der Waals surface area contributed by atoms with Gasteiger partial charge < -0.3 is 9.64 Å². The number of hydrogen-bond donors (Lipinski definition) is 0. The first-order valence-corrected chi connectivity index (χ1v) is 7.59. The Bertz CT molecular complexity index is 358. The van der Waals surface area contributed by atoms with Gasteiger partial charge in [0.1, 0.15) is 5.75 Å². The Balaban J connectivity index is 2.12. The topological polar surface area (TPSA) is 12.5 Å². The van der Waals surface area contributed by atoms with Gasteiger partial charge in [-0.2, -0.15) is 0 Å². The van der Waals surface area contributed by atoms with Gasteiger partial charge >= 0.3 is 0 Å². The third-order valence-electron chi connectivity index (χ3n) is 3.76. The summed E-state index contributed by atoms with van der Waals surface area (Å²) in [4.78, 5) is 2.48. The van der Waals surface area contributed by atoms with Crippen molar-refractivity contribution in [2.45, 2.75) is 47.0 Å². The predicted molar refractivity (Wildman–Crippen MR) is 83.1 cm³/mol. The zero-order valence-electron chi connectivity index (χ0n) is 13.0. The molecular weight excluding hydrogens is 234 g/mol. The minimum atomic E-state index is 0.834. The molecule has 0 fully saturated rings. The van der Waals surface area contributed by atoms with Crippen molar-refractivity contribution in [1.29, 1.82) is 0 Å². The average molecular weight is 263 g/mol. The standard InChI is InChI=1S/C17H29NO/c1-5-18(6-2)12-8-7-9-13-19-17-11-10-15(3)16(4)14-17/h10-11,14H,5-9,12-13H2,1-4H3. The van der Waals surface area contributed by atoms with Crippen molar-refractivity contribution >= 4 is 0 Å². The van der Waals surface area contributed by atoms with Gasteiger partial charge in [-0.3, -0.25) is 0 Å². The van der Waals surface area contributed by atoms with Crippen LogP contribution in [0.2, 0.25) is 0 Å². The maximum Gasteiger partial charge on any atom is 0.119 e. The van der Waals surface area contributed by atoms with Crippen LogP contribution in [0, 0.1) is 13.8 Å². The lowest BCUT2D eigenvalue weighted by Crippen LogP contribution is -2.23. The highest BCUT2D eigenvalue weighted by Crippen LogP contribution is 2.16. The number of benzene rings is 1. The minimum Gasteiger partial charge on any atom is -0.494 e. The minimum absolute atomic E-state index is 0.834. The summed E-state index contributed by atoms with van der Waals surface area (Å²) in [5.41, 5.74) is 2.63. The summed E-state index contributed by atoms with van der Waals surface area (Å²) in [6, 6.07) is 6.33. The van der Waals surface area contributed by atoms with Crippen LogP contribution in [0.15, 0.2) is 18.2 Å². The fourth-order valence-electron chi connectivity index (χ4n) is 2.15. The molecule has 0 aliphatic heterocycles. The molecule has 2 nitrogen and oxygen atoms in total. The highest BCUT2D eigenvalue weighted by Gasteiger charge is 1.99. The van der Waals surface area contributed by atoms with Gasteiger partial charge in [0.2, 0.25) is 0 Å². The van der Waals surface area contributed by atoms with E-state index >= 15 is 0 Å². The van der Waals surface area contributed by atoms with Gasteiger partial charge in [0.25, 0.3) is 0 Å². The summed E-state index contributed by atoms with van der Waals surface area (Å²) in [5.74, 6) is 1.01. The van der Waals surface area contributed by atoms with Crippen LogP contribution in [0.1, 0.15) is 44.2 Å². The first kappa shape index (κ1) is 16.0. The zero-order chi connectivity index (χ0) is 14.1. The number of unbranched alkanes of at least 4 members (excludes halogenated alkanes) is 2. The lowest BCUT2D eigenvalue weighted by molar-refractivity contribution is 0.277. The molecule has 0 radical (unpaired) electrons. The molecule has 0 saturated heterocycles. The van der Waals surface area contributed by atoms with Gasteiger partial charge in [0.05, 0.1) is 6.61 Å². The maximum absolute atomic E-state index is 5.79. The van der Waals surface area contributed by atoms with Crippen LogP contribution in [0.5, 0.6) is 5.75 Å². The molecule has 0 spiro atoms. The molecule has 0 aliphatic carbocycles. The molecule has 0 atom stereocenters. The van der Waals surface area contributed by atoms with E-state index < -0.39 is 0 Å². The molecule has 0 N–H and O–H groups in total. The van der Waals surface area contributed by atoms with E-state index in [9.17, 15) is 0 Å². The molecular formula is C17H29NO. The van der Waals surface area contributed by atoms with Crippen LogP contribution < -0.4 is 4.74 Å². The summed E-state index contributed by atoms with van der Waals surface area (Å²) in [6.45, 7) is 13.1. The predicted octanol–water partition coefficient (Wildman–Crippen LogP) is 4.19. The van der Waals surface area contributed by atoms with E-state index in [-0.39, 0.29) is 0 Å². The summed E-state index contributed by atoms with van der Waals surface area (Å²) >= 11 is 0. The van der Waals surface area contributed by atoms with Crippen LogP contribution in [0.3, 0.4) is 0 Å². The van der Waals surface area contributed by atoms with Crippen molar-refractivity contribution in [2.75, 3.05) is 26.2 Å². The van der Waals surface area contributed by atoms with E-state index in [1.807, 2.05) is 0 Å². The number of hydrogen-bond acceptors (Lipinski definition) is 2. The second-order valence-corrected chi connectivity index (χ2v) is 5.18. The fourth-order valence-corrected chi connectivity index (χ4v) is 2.15. The molecule has 0 unspecified atom stereocenters. The smallest absolute Gasteiger partial charge is 0.119 e. The first-order chi connectivity index (χ1) is 9.17. The first-order valence-electron chi connectivity index (χ1n) is 7.59. The molecule has 108 valence electrons. The van der Waals surface area contributed by atoms with Crippen molar-refractivity contribution in [1.82, 2.24) is 4.90 Å². The SMILES string of the molecule is CCN(CC)CCCCCOc1ccc(C)c(C)c1. The van der Waals surface area contributed by atoms with E-state index in [1.54, 1.807) is 0 Å². The van der Waals surface area contributed by atoms with Crippen molar-refractivity contribution in [3.63, 3.8) is 0 Å². The van der Waals surface area contributed by atoms with Gasteiger partial charge in [-0.1, -0.05) is 19.9 Å². The molecule has 19 heavy (non-hydrogen) atoms. The maximum atomic E-state index is 5.79. The van der Waals surface area contributed by atoms with Gasteiger partial charge in [-0.05, 0) is 76.0 Å². The lowest BCUT2D eigenvalue weighted by atomic mass is 10.1. The summed E-state index contributed by atoms with van der Waals surface area (Å²) in [5, 5.41) is 0. The Hall–Kier alpha value is -1.02. The van der Waals surface area contributed by atoms with Crippen LogP contribution in [-0.2, 0) is 0 Å². The molecule has 0 aliphatic rings. The molecule has 1 aromatic rings. The molecule has 2 heteroatoms. The number of aryl methyl sites for hydroxylation is 2. The van der Waals surface area contributed by atoms with Crippen LogP contribution in [0.4, 0.5) is 0 Å². The Morgan fingerprint density at radius 3 is 2.32 bits per heavy atom. The highest BCUT2D eigenvalue weighted by molar-refractivity contribution is 5.33. The summed E-state index contributed by atoms with van der Waals surface area (Å²) in [6.07, 6.45) is 3.67. The highest BCUT2D eigenvalue weighted by atomic mass is 16.5. The van der Waals surface area contributed by atoms with Gasteiger partial charge in [0, 0.05) is 0 Å². The van der Waals surface area contributed by atoms with E-state index in [0.717, 1.165) is 31.9 Å². The van der Waals surface area contributed by atoms with E-state index in [4.69, 9.17) is 4.74 Å². The Morgan fingerprint density at radius 1 is 0.947 bits per heavy atom. The quantitative estimate of drug-likeness (QED) is 0.619. The van der Waals surface area contributed by atoms with Gasteiger partial charge in [0.15, 0.2) is 0 Å². The van der Waals surface area contributed by atoms with Gasteiger partial charge in [-0.15, -0.1) is 0 Å². The van der Waals surface area contributed by atoms with Gasteiger partial charge in [-0.25, -0.2) is 0 Å². The normalized spacial score (nSPS) is 11.0. The van der Waals surface area contributed by atoms with Crippen molar-refractivity contribution in [3.8, 4) is 5.75 Å². The second kappa shape index (κ2) is 8.98. The number of ether oxygens (including phenoxy) is 1. The fraction of sp³-hybridized carbons (Fsp3) is 0.647. The molecule has 1 rings (SSSR count). The Labute approximate surface area is 118 Å². The Kier molecular flexibility index (Phi) is 7.57. The third-order valence-corrected chi connectivity index (χ3v) is 3.76. The van der Waals surface area contributed by atoms with E-state index in [2.05, 4.69) is 50.8 Å². The van der Waals surface area contributed by atoms with Crippen molar-refractivity contribution < 1.29 is 4.74 Å². The zero-order valence-corrected chi connectivity index (χ0v) is 13.0. The lowest BCUT2D eigenvalue weighted by Gasteiger charge is -2.17. The number of rotatable bonds is 9. The number of nitrogens with zero attached hydrogens (tertiary/aromatic N) is 1.